The topological polar surface area (TPSA) is 92.8 Å². The predicted octanol–water partition coefficient (Wildman–Crippen LogP) is 3.15. The number of rotatable bonds is 12. The molecule has 0 aromatic heterocycles. The third kappa shape index (κ3) is 7.81. The van der Waals surface area contributed by atoms with E-state index in [9.17, 15) is 18.0 Å². The Bertz CT molecular complexity index is 786. The maximum Gasteiger partial charge on any atom is 0.242 e. The highest BCUT2D eigenvalue weighted by Crippen LogP contribution is 2.20. The molecule has 1 N–H and O–H groups in total. The van der Waals surface area contributed by atoms with Gasteiger partial charge in [-0.25, -0.2) is 12.7 Å². The summed E-state index contributed by atoms with van der Waals surface area (Å²) in [5.74, 6) is -0.192. The summed E-state index contributed by atoms with van der Waals surface area (Å²) in [5, 5.41) is 2.86. The zero-order valence-corrected chi connectivity index (χ0v) is 18.9. The van der Waals surface area contributed by atoms with Gasteiger partial charge < -0.3 is 10.1 Å². The molecule has 0 atom stereocenters. The second-order valence-corrected chi connectivity index (χ2v) is 9.89. The fourth-order valence-electron chi connectivity index (χ4n) is 3.49. The standard InChI is InChI=1S/C22H34N2O5S/c1-18(25)19-11-13-21(14-12-19)30(27,28)24(2)16-6-10-22(26)23-15-7-17-29-20-8-4-3-5-9-20/h11-14,20H,3-10,15-17H2,1-2H3,(H,23,26). The maximum atomic E-state index is 12.6. The molecule has 1 aromatic carbocycles. The second kappa shape index (κ2) is 12.2. The van der Waals surface area contributed by atoms with Crippen molar-refractivity contribution in [1.82, 2.24) is 9.62 Å². The Kier molecular flexibility index (Phi) is 9.94. The van der Waals surface area contributed by atoms with E-state index >= 15 is 0 Å². The van der Waals surface area contributed by atoms with Crippen LogP contribution in [0.15, 0.2) is 29.2 Å². The van der Waals surface area contributed by atoms with Crippen LogP contribution in [0.3, 0.4) is 0 Å². The Morgan fingerprint density at radius 3 is 2.40 bits per heavy atom. The lowest BCUT2D eigenvalue weighted by molar-refractivity contribution is -0.121. The molecule has 0 saturated heterocycles. The summed E-state index contributed by atoms with van der Waals surface area (Å²) < 4.78 is 32.3. The van der Waals surface area contributed by atoms with E-state index in [2.05, 4.69) is 5.32 Å². The van der Waals surface area contributed by atoms with Crippen molar-refractivity contribution < 1.29 is 22.7 Å². The number of benzene rings is 1. The molecule has 1 saturated carbocycles. The molecule has 0 unspecified atom stereocenters. The van der Waals surface area contributed by atoms with Crippen molar-refractivity contribution in [2.75, 3.05) is 26.7 Å². The molecule has 1 fully saturated rings. The molecule has 1 aliphatic rings. The minimum absolute atomic E-state index is 0.0794. The number of hydrogen-bond acceptors (Lipinski definition) is 5. The van der Waals surface area contributed by atoms with Gasteiger partial charge in [0.15, 0.2) is 5.78 Å². The van der Waals surface area contributed by atoms with Gasteiger partial charge in [-0.3, -0.25) is 9.59 Å². The molecule has 0 heterocycles. The molecule has 2 rings (SSSR count). The minimum Gasteiger partial charge on any atom is -0.378 e. The molecule has 1 aromatic rings. The third-order valence-electron chi connectivity index (χ3n) is 5.39. The van der Waals surface area contributed by atoms with Crippen molar-refractivity contribution >= 4 is 21.7 Å². The predicted molar refractivity (Wildman–Crippen MR) is 116 cm³/mol. The first kappa shape index (κ1) is 24.5. The second-order valence-electron chi connectivity index (χ2n) is 7.85. The Balaban J connectivity index is 1.63. The first-order valence-electron chi connectivity index (χ1n) is 10.8. The molecule has 7 nitrogen and oxygen atoms in total. The van der Waals surface area contributed by atoms with Crippen LogP contribution in [0.25, 0.3) is 0 Å². The van der Waals surface area contributed by atoms with Crippen LogP contribution in [0, 0.1) is 0 Å². The number of ketones is 1. The Hall–Kier alpha value is -1.77. The summed E-state index contributed by atoms with van der Waals surface area (Å²) in [6, 6.07) is 5.89. The zero-order valence-electron chi connectivity index (χ0n) is 18.1. The normalized spacial score (nSPS) is 15.3. The summed E-state index contributed by atoms with van der Waals surface area (Å²) in [6.45, 7) is 2.91. The van der Waals surface area contributed by atoms with Gasteiger partial charge in [-0.2, -0.15) is 0 Å². The number of sulfonamides is 1. The number of hydrogen-bond donors (Lipinski definition) is 1. The summed E-state index contributed by atoms with van der Waals surface area (Å²) in [4.78, 5) is 23.4. The van der Waals surface area contributed by atoms with Crippen molar-refractivity contribution in [2.24, 2.45) is 0 Å². The lowest BCUT2D eigenvalue weighted by Crippen LogP contribution is -2.30. The van der Waals surface area contributed by atoms with Gasteiger partial charge in [-0.05, 0) is 44.7 Å². The van der Waals surface area contributed by atoms with Crippen LogP contribution in [0.2, 0.25) is 0 Å². The van der Waals surface area contributed by atoms with Crippen molar-refractivity contribution in [2.45, 2.75) is 69.3 Å². The Morgan fingerprint density at radius 1 is 1.10 bits per heavy atom. The van der Waals surface area contributed by atoms with Crippen LogP contribution >= 0.6 is 0 Å². The number of nitrogens with one attached hydrogen (secondary N) is 1. The van der Waals surface area contributed by atoms with Crippen molar-refractivity contribution in [3.63, 3.8) is 0 Å². The van der Waals surface area contributed by atoms with E-state index in [1.165, 1.54) is 61.8 Å². The van der Waals surface area contributed by atoms with E-state index in [0.717, 1.165) is 19.3 Å². The van der Waals surface area contributed by atoms with Crippen LogP contribution < -0.4 is 5.32 Å². The van der Waals surface area contributed by atoms with Gasteiger partial charge in [0.1, 0.15) is 0 Å². The molecular weight excluding hydrogens is 404 g/mol. The lowest BCUT2D eigenvalue weighted by atomic mass is 9.98. The summed E-state index contributed by atoms with van der Waals surface area (Å²) in [7, 11) is -2.15. The number of nitrogens with zero attached hydrogens (tertiary/aromatic N) is 1. The lowest BCUT2D eigenvalue weighted by Gasteiger charge is -2.21. The van der Waals surface area contributed by atoms with Gasteiger partial charge in [0, 0.05) is 38.7 Å². The number of amides is 1. The van der Waals surface area contributed by atoms with Crippen molar-refractivity contribution in [3.05, 3.63) is 29.8 Å². The van der Waals surface area contributed by atoms with Gasteiger partial charge in [0.25, 0.3) is 0 Å². The first-order chi connectivity index (χ1) is 14.3. The highest BCUT2D eigenvalue weighted by Gasteiger charge is 2.20. The smallest absolute Gasteiger partial charge is 0.242 e. The number of Topliss-reactive ketones (excluding diaryl/α,β-unsaturated/α-hetero) is 1. The Labute approximate surface area is 180 Å². The van der Waals surface area contributed by atoms with Gasteiger partial charge >= 0.3 is 0 Å². The average Bonchev–Trinajstić information content (AvgIpc) is 2.74. The number of carbonyl (C=O) groups excluding carboxylic acids is 2. The van der Waals surface area contributed by atoms with E-state index in [4.69, 9.17) is 4.74 Å². The first-order valence-corrected chi connectivity index (χ1v) is 12.2. The highest BCUT2D eigenvalue weighted by atomic mass is 32.2. The molecule has 1 aliphatic carbocycles. The SMILES string of the molecule is CC(=O)c1ccc(S(=O)(=O)N(C)CCCC(=O)NCCCOC2CCCCC2)cc1. The quantitative estimate of drug-likeness (QED) is 0.400. The summed E-state index contributed by atoms with van der Waals surface area (Å²) in [5.41, 5.74) is 0.470. The zero-order chi connectivity index (χ0) is 22.0. The van der Waals surface area contributed by atoms with Crippen LogP contribution in [-0.4, -0.2) is 57.3 Å². The van der Waals surface area contributed by atoms with E-state index in [-0.39, 0.29) is 29.6 Å². The van der Waals surface area contributed by atoms with Crippen molar-refractivity contribution in [1.29, 1.82) is 0 Å². The third-order valence-corrected chi connectivity index (χ3v) is 7.27. The number of ether oxygens (including phenoxy) is 1. The monoisotopic (exact) mass is 438 g/mol. The van der Waals surface area contributed by atoms with Crippen LogP contribution in [-0.2, 0) is 19.6 Å². The molecular formula is C22H34N2O5S. The van der Waals surface area contributed by atoms with Crippen molar-refractivity contribution in [3.8, 4) is 0 Å². The van der Waals surface area contributed by atoms with Crippen LogP contribution in [0.4, 0.5) is 0 Å². The minimum atomic E-state index is -3.64. The van der Waals surface area contributed by atoms with E-state index in [1.54, 1.807) is 0 Å². The summed E-state index contributed by atoms with van der Waals surface area (Å²) in [6.07, 6.45) is 7.95. The molecule has 168 valence electrons. The molecule has 30 heavy (non-hydrogen) atoms. The average molecular weight is 439 g/mol. The summed E-state index contributed by atoms with van der Waals surface area (Å²) >= 11 is 0. The fraction of sp³-hybridized carbons (Fsp3) is 0.636. The van der Waals surface area contributed by atoms with E-state index in [1.807, 2.05) is 0 Å². The molecule has 8 heteroatoms. The van der Waals surface area contributed by atoms with Crippen LogP contribution in [0.5, 0.6) is 0 Å². The maximum absolute atomic E-state index is 12.6. The Morgan fingerprint density at radius 2 is 1.77 bits per heavy atom. The fourth-order valence-corrected chi connectivity index (χ4v) is 4.70. The van der Waals surface area contributed by atoms with Gasteiger partial charge in [-0.15, -0.1) is 0 Å². The number of carbonyl (C=O) groups is 2. The molecule has 0 radical (unpaired) electrons. The van der Waals surface area contributed by atoms with Crippen LogP contribution in [0.1, 0.15) is 68.6 Å². The van der Waals surface area contributed by atoms with Gasteiger partial charge in [0.2, 0.25) is 15.9 Å². The molecule has 1 amide bonds. The van der Waals surface area contributed by atoms with Gasteiger partial charge in [0.05, 0.1) is 11.0 Å². The molecule has 0 spiro atoms. The van der Waals surface area contributed by atoms with E-state index < -0.39 is 10.0 Å². The van der Waals surface area contributed by atoms with E-state index in [0.29, 0.717) is 31.2 Å². The molecule has 0 aliphatic heterocycles. The van der Waals surface area contributed by atoms with Gasteiger partial charge in [-0.1, -0.05) is 31.4 Å². The highest BCUT2D eigenvalue weighted by molar-refractivity contribution is 7.89. The largest absolute Gasteiger partial charge is 0.378 e. The molecule has 0 bridgehead atoms.